The number of amides is 1. The fraction of sp³-hybridized carbons (Fsp3) is 0.435. The predicted octanol–water partition coefficient (Wildman–Crippen LogP) is 4.95. The highest BCUT2D eigenvalue weighted by Crippen LogP contribution is 2.24. The second-order valence-electron chi connectivity index (χ2n) is 7.37. The smallest absolute Gasteiger partial charge is 0.251 e. The molecule has 2 aromatic carbocycles. The summed E-state index contributed by atoms with van der Waals surface area (Å²) in [6.07, 6.45) is 5.81. The SMILES string of the molecule is COc1ccc(C(=O)NC2CCCCC2)cc1COc1ccc(C)c(C)c1. The molecule has 0 aromatic heterocycles. The molecule has 2 aromatic rings. The van der Waals surface area contributed by atoms with Crippen molar-refractivity contribution in [1.82, 2.24) is 5.32 Å². The lowest BCUT2D eigenvalue weighted by Crippen LogP contribution is -2.36. The van der Waals surface area contributed by atoms with E-state index in [2.05, 4.69) is 25.2 Å². The number of aryl methyl sites for hydroxylation is 2. The van der Waals surface area contributed by atoms with Gasteiger partial charge in [0.15, 0.2) is 0 Å². The topological polar surface area (TPSA) is 47.6 Å². The van der Waals surface area contributed by atoms with Gasteiger partial charge in [-0.3, -0.25) is 4.79 Å². The quantitative estimate of drug-likeness (QED) is 0.785. The molecular weight excluding hydrogens is 338 g/mol. The number of nitrogens with one attached hydrogen (secondary N) is 1. The molecule has 0 heterocycles. The first-order valence-electron chi connectivity index (χ1n) is 9.74. The monoisotopic (exact) mass is 367 g/mol. The Labute approximate surface area is 161 Å². The minimum absolute atomic E-state index is 0.0167. The van der Waals surface area contributed by atoms with Crippen molar-refractivity contribution in [1.29, 1.82) is 0 Å². The summed E-state index contributed by atoms with van der Waals surface area (Å²) in [4.78, 5) is 12.6. The van der Waals surface area contributed by atoms with Gasteiger partial charge in [-0.1, -0.05) is 25.3 Å². The van der Waals surface area contributed by atoms with Gasteiger partial charge >= 0.3 is 0 Å². The van der Waals surface area contributed by atoms with Crippen molar-refractivity contribution in [3.63, 3.8) is 0 Å². The van der Waals surface area contributed by atoms with Gasteiger partial charge < -0.3 is 14.8 Å². The van der Waals surface area contributed by atoms with Crippen LogP contribution < -0.4 is 14.8 Å². The second-order valence-corrected chi connectivity index (χ2v) is 7.37. The van der Waals surface area contributed by atoms with Crippen LogP contribution in [0.4, 0.5) is 0 Å². The maximum Gasteiger partial charge on any atom is 0.251 e. The molecule has 0 bridgehead atoms. The highest BCUT2D eigenvalue weighted by atomic mass is 16.5. The molecular formula is C23H29NO3. The van der Waals surface area contributed by atoms with E-state index in [1.807, 2.05) is 30.3 Å². The van der Waals surface area contributed by atoms with Gasteiger partial charge in [-0.05, 0) is 68.1 Å². The minimum Gasteiger partial charge on any atom is -0.496 e. The van der Waals surface area contributed by atoms with Gasteiger partial charge in [0.1, 0.15) is 18.1 Å². The molecule has 0 saturated heterocycles. The summed E-state index contributed by atoms with van der Waals surface area (Å²) in [5, 5.41) is 3.17. The Kier molecular flexibility index (Phi) is 6.38. The van der Waals surface area contributed by atoms with Crippen LogP contribution in [-0.2, 0) is 6.61 Å². The standard InChI is InChI=1S/C23H29NO3/c1-16-9-11-21(13-17(16)2)27-15-19-14-18(10-12-22(19)26-3)23(25)24-20-7-5-4-6-8-20/h9-14,20H,4-8,15H2,1-3H3,(H,24,25). The van der Waals surface area contributed by atoms with Crippen LogP contribution in [0.15, 0.2) is 36.4 Å². The number of rotatable bonds is 6. The van der Waals surface area contributed by atoms with E-state index in [1.165, 1.54) is 30.4 Å². The van der Waals surface area contributed by atoms with Gasteiger partial charge in [0.05, 0.1) is 7.11 Å². The summed E-state index contributed by atoms with van der Waals surface area (Å²) in [7, 11) is 1.64. The van der Waals surface area contributed by atoms with Crippen molar-refractivity contribution >= 4 is 5.91 Å². The maximum atomic E-state index is 12.6. The molecule has 144 valence electrons. The molecule has 0 atom stereocenters. The molecule has 0 aliphatic heterocycles. The normalized spacial score (nSPS) is 14.6. The molecule has 1 fully saturated rings. The molecule has 1 aliphatic carbocycles. The van der Waals surface area contributed by atoms with Crippen LogP contribution in [-0.4, -0.2) is 19.1 Å². The number of ether oxygens (including phenoxy) is 2. The van der Waals surface area contributed by atoms with Crippen LogP contribution in [0.3, 0.4) is 0 Å². The van der Waals surface area contributed by atoms with E-state index in [0.717, 1.165) is 29.9 Å². The van der Waals surface area contributed by atoms with Gasteiger partial charge in [0.2, 0.25) is 0 Å². The Bertz CT molecular complexity index is 794. The van der Waals surface area contributed by atoms with Crippen LogP contribution in [0.5, 0.6) is 11.5 Å². The Balaban J connectivity index is 1.70. The summed E-state index contributed by atoms with van der Waals surface area (Å²) in [5.74, 6) is 1.53. The van der Waals surface area contributed by atoms with E-state index in [0.29, 0.717) is 18.2 Å². The number of hydrogen-bond donors (Lipinski definition) is 1. The molecule has 0 spiro atoms. The summed E-state index contributed by atoms with van der Waals surface area (Å²) in [5.41, 5.74) is 3.95. The van der Waals surface area contributed by atoms with Crippen molar-refractivity contribution in [2.24, 2.45) is 0 Å². The highest BCUT2D eigenvalue weighted by Gasteiger charge is 2.17. The van der Waals surface area contributed by atoms with E-state index in [1.54, 1.807) is 7.11 Å². The predicted molar refractivity (Wildman–Crippen MR) is 108 cm³/mol. The first-order valence-corrected chi connectivity index (χ1v) is 9.74. The van der Waals surface area contributed by atoms with Crippen LogP contribution in [0.25, 0.3) is 0 Å². The number of hydrogen-bond acceptors (Lipinski definition) is 3. The first-order chi connectivity index (χ1) is 13.1. The van der Waals surface area contributed by atoms with E-state index in [-0.39, 0.29) is 5.91 Å². The summed E-state index contributed by atoms with van der Waals surface area (Å²) >= 11 is 0. The number of carbonyl (C=O) groups is 1. The lowest BCUT2D eigenvalue weighted by atomic mass is 9.95. The van der Waals surface area contributed by atoms with Crippen molar-refractivity contribution < 1.29 is 14.3 Å². The molecule has 1 amide bonds. The zero-order valence-electron chi connectivity index (χ0n) is 16.5. The van der Waals surface area contributed by atoms with Gasteiger partial charge in [0, 0.05) is 17.2 Å². The average molecular weight is 367 g/mol. The van der Waals surface area contributed by atoms with Crippen LogP contribution in [0.1, 0.15) is 59.2 Å². The summed E-state index contributed by atoms with van der Waals surface area (Å²) in [6, 6.07) is 11.9. The Morgan fingerprint density at radius 1 is 1.04 bits per heavy atom. The highest BCUT2D eigenvalue weighted by molar-refractivity contribution is 5.94. The molecule has 1 aliphatic rings. The van der Waals surface area contributed by atoms with E-state index >= 15 is 0 Å². The Morgan fingerprint density at radius 3 is 2.52 bits per heavy atom. The van der Waals surface area contributed by atoms with Gasteiger partial charge in [-0.25, -0.2) is 0 Å². The van der Waals surface area contributed by atoms with Gasteiger partial charge in [-0.15, -0.1) is 0 Å². The summed E-state index contributed by atoms with van der Waals surface area (Å²) < 4.78 is 11.4. The van der Waals surface area contributed by atoms with Gasteiger partial charge in [-0.2, -0.15) is 0 Å². The van der Waals surface area contributed by atoms with Crippen LogP contribution in [0, 0.1) is 13.8 Å². The van der Waals surface area contributed by atoms with E-state index < -0.39 is 0 Å². The average Bonchev–Trinajstić information content (AvgIpc) is 2.69. The number of methoxy groups -OCH3 is 1. The number of carbonyl (C=O) groups excluding carboxylic acids is 1. The third-order valence-electron chi connectivity index (χ3n) is 5.36. The third-order valence-corrected chi connectivity index (χ3v) is 5.36. The van der Waals surface area contributed by atoms with E-state index in [9.17, 15) is 4.79 Å². The molecule has 0 radical (unpaired) electrons. The molecule has 4 nitrogen and oxygen atoms in total. The Morgan fingerprint density at radius 2 is 1.81 bits per heavy atom. The fourth-order valence-corrected chi connectivity index (χ4v) is 3.51. The first kappa shape index (κ1) is 19.3. The van der Waals surface area contributed by atoms with E-state index in [4.69, 9.17) is 9.47 Å². The number of benzene rings is 2. The largest absolute Gasteiger partial charge is 0.496 e. The molecule has 0 unspecified atom stereocenters. The van der Waals surface area contributed by atoms with Crippen molar-refractivity contribution in [2.45, 2.75) is 58.6 Å². The zero-order valence-corrected chi connectivity index (χ0v) is 16.5. The van der Waals surface area contributed by atoms with Crippen molar-refractivity contribution in [3.8, 4) is 11.5 Å². The zero-order chi connectivity index (χ0) is 19.2. The minimum atomic E-state index is -0.0167. The molecule has 27 heavy (non-hydrogen) atoms. The van der Waals surface area contributed by atoms with Crippen molar-refractivity contribution in [3.05, 3.63) is 58.7 Å². The Hall–Kier alpha value is -2.49. The lowest BCUT2D eigenvalue weighted by Gasteiger charge is -2.23. The molecule has 1 N–H and O–H groups in total. The van der Waals surface area contributed by atoms with Crippen LogP contribution >= 0.6 is 0 Å². The molecule has 1 saturated carbocycles. The van der Waals surface area contributed by atoms with Crippen LogP contribution in [0.2, 0.25) is 0 Å². The second kappa shape index (κ2) is 8.94. The lowest BCUT2D eigenvalue weighted by molar-refractivity contribution is 0.0927. The van der Waals surface area contributed by atoms with Crippen molar-refractivity contribution in [2.75, 3.05) is 7.11 Å². The third kappa shape index (κ3) is 5.03. The molecule has 4 heteroatoms. The maximum absolute atomic E-state index is 12.6. The summed E-state index contributed by atoms with van der Waals surface area (Å²) in [6.45, 7) is 4.51. The molecule has 3 rings (SSSR count). The fourth-order valence-electron chi connectivity index (χ4n) is 3.51. The van der Waals surface area contributed by atoms with Gasteiger partial charge in [0.25, 0.3) is 5.91 Å².